The Labute approximate surface area is 182 Å². The lowest BCUT2D eigenvalue weighted by Crippen LogP contribution is -2.12. The van der Waals surface area contributed by atoms with Crippen LogP contribution in [0.5, 0.6) is 23.0 Å². The number of benzene rings is 3. The molecule has 0 atom stereocenters. The number of methoxy groups -OCH3 is 3. The zero-order chi connectivity index (χ0) is 22.1. The average Bonchev–Trinajstić information content (AvgIpc) is 2.82. The number of anilines is 1. The van der Waals surface area contributed by atoms with Gasteiger partial charge < -0.3 is 24.3 Å². The molecule has 0 aliphatic rings. The fourth-order valence-corrected chi connectivity index (χ4v) is 3.16. The Hall–Kier alpha value is -3.67. The van der Waals surface area contributed by atoms with E-state index < -0.39 is 0 Å². The Morgan fingerprint density at radius 1 is 0.839 bits per heavy atom. The highest BCUT2D eigenvalue weighted by Crippen LogP contribution is 2.38. The van der Waals surface area contributed by atoms with Crippen molar-refractivity contribution in [1.29, 1.82) is 0 Å². The maximum atomic E-state index is 12.7. The SMILES string of the molecule is COc1cc(C(=O)Nc2ccc(OCCCc3ccccc3)cc2)cc(OC)c1OC. The minimum Gasteiger partial charge on any atom is -0.494 e. The zero-order valence-corrected chi connectivity index (χ0v) is 18.0. The molecule has 1 N–H and O–H groups in total. The second-order valence-electron chi connectivity index (χ2n) is 6.83. The summed E-state index contributed by atoms with van der Waals surface area (Å²) < 4.78 is 21.7. The predicted octanol–water partition coefficient (Wildman–Crippen LogP) is 4.98. The molecule has 0 bridgehead atoms. The molecule has 0 saturated heterocycles. The highest BCUT2D eigenvalue weighted by molar-refractivity contribution is 6.05. The Morgan fingerprint density at radius 3 is 2.06 bits per heavy atom. The van der Waals surface area contributed by atoms with Crippen molar-refractivity contribution in [2.45, 2.75) is 12.8 Å². The van der Waals surface area contributed by atoms with Crippen LogP contribution in [0.1, 0.15) is 22.3 Å². The maximum Gasteiger partial charge on any atom is 0.255 e. The predicted molar refractivity (Wildman–Crippen MR) is 121 cm³/mol. The molecule has 0 unspecified atom stereocenters. The van der Waals surface area contributed by atoms with Crippen molar-refractivity contribution in [1.82, 2.24) is 0 Å². The monoisotopic (exact) mass is 421 g/mol. The van der Waals surface area contributed by atoms with E-state index in [2.05, 4.69) is 17.4 Å². The quantitative estimate of drug-likeness (QED) is 0.468. The van der Waals surface area contributed by atoms with Gasteiger partial charge >= 0.3 is 0 Å². The van der Waals surface area contributed by atoms with Gasteiger partial charge in [0.2, 0.25) is 5.75 Å². The summed E-state index contributed by atoms with van der Waals surface area (Å²) in [6.07, 6.45) is 1.91. The Balaban J connectivity index is 1.56. The van der Waals surface area contributed by atoms with Crippen molar-refractivity contribution in [3.05, 3.63) is 77.9 Å². The van der Waals surface area contributed by atoms with E-state index in [1.165, 1.54) is 26.9 Å². The van der Waals surface area contributed by atoms with Gasteiger partial charge in [0.25, 0.3) is 5.91 Å². The molecule has 0 aromatic heterocycles. The van der Waals surface area contributed by atoms with Gasteiger partial charge in [-0.15, -0.1) is 0 Å². The molecule has 162 valence electrons. The summed E-state index contributed by atoms with van der Waals surface area (Å²) in [5.74, 6) is 1.77. The first-order chi connectivity index (χ1) is 15.1. The van der Waals surface area contributed by atoms with Gasteiger partial charge in [-0.25, -0.2) is 0 Å². The minimum absolute atomic E-state index is 0.282. The molecule has 0 fully saturated rings. The first kappa shape index (κ1) is 22.0. The van der Waals surface area contributed by atoms with Crippen molar-refractivity contribution >= 4 is 11.6 Å². The van der Waals surface area contributed by atoms with Crippen LogP contribution in [0, 0.1) is 0 Å². The second-order valence-corrected chi connectivity index (χ2v) is 6.83. The number of aryl methyl sites for hydroxylation is 1. The van der Waals surface area contributed by atoms with E-state index in [0.29, 0.717) is 35.1 Å². The fraction of sp³-hybridized carbons (Fsp3) is 0.240. The largest absolute Gasteiger partial charge is 0.494 e. The number of carbonyl (C=O) groups excluding carboxylic acids is 1. The van der Waals surface area contributed by atoms with Gasteiger partial charge in [0.05, 0.1) is 27.9 Å². The zero-order valence-electron chi connectivity index (χ0n) is 18.0. The summed E-state index contributed by atoms with van der Waals surface area (Å²) in [6, 6.07) is 20.9. The number of nitrogens with one attached hydrogen (secondary N) is 1. The number of hydrogen-bond donors (Lipinski definition) is 1. The van der Waals surface area contributed by atoms with E-state index in [1.54, 1.807) is 12.1 Å². The second kappa shape index (κ2) is 10.9. The lowest BCUT2D eigenvalue weighted by Gasteiger charge is -2.14. The van der Waals surface area contributed by atoms with Crippen molar-refractivity contribution in [3.63, 3.8) is 0 Å². The lowest BCUT2D eigenvalue weighted by atomic mass is 10.1. The molecule has 0 heterocycles. The first-order valence-corrected chi connectivity index (χ1v) is 10.0. The van der Waals surface area contributed by atoms with E-state index in [1.807, 2.05) is 42.5 Å². The molecule has 0 saturated carbocycles. The molecule has 6 heteroatoms. The van der Waals surface area contributed by atoms with Crippen molar-refractivity contribution in [2.24, 2.45) is 0 Å². The van der Waals surface area contributed by atoms with E-state index in [9.17, 15) is 4.79 Å². The molecule has 3 rings (SSSR count). The van der Waals surface area contributed by atoms with Crippen LogP contribution < -0.4 is 24.3 Å². The van der Waals surface area contributed by atoms with E-state index in [-0.39, 0.29) is 5.91 Å². The van der Waals surface area contributed by atoms with Crippen molar-refractivity contribution in [3.8, 4) is 23.0 Å². The highest BCUT2D eigenvalue weighted by Gasteiger charge is 2.17. The third-order valence-electron chi connectivity index (χ3n) is 4.76. The Kier molecular flexibility index (Phi) is 7.76. The van der Waals surface area contributed by atoms with Gasteiger partial charge in [0.15, 0.2) is 11.5 Å². The van der Waals surface area contributed by atoms with Crippen molar-refractivity contribution < 1.29 is 23.7 Å². The molecular formula is C25H27NO5. The minimum atomic E-state index is -0.282. The van der Waals surface area contributed by atoms with Gasteiger partial charge in [0, 0.05) is 11.3 Å². The third kappa shape index (κ3) is 5.92. The number of rotatable bonds is 10. The van der Waals surface area contributed by atoms with Crippen LogP contribution in [-0.4, -0.2) is 33.8 Å². The van der Waals surface area contributed by atoms with Crippen LogP contribution in [0.2, 0.25) is 0 Å². The topological polar surface area (TPSA) is 66.0 Å². The molecule has 6 nitrogen and oxygen atoms in total. The van der Waals surface area contributed by atoms with E-state index in [0.717, 1.165) is 18.6 Å². The molecular weight excluding hydrogens is 394 g/mol. The molecule has 1 amide bonds. The summed E-state index contributed by atoms with van der Waals surface area (Å²) in [7, 11) is 4.54. The molecule has 0 spiro atoms. The molecule has 0 aliphatic carbocycles. The number of amides is 1. The maximum absolute atomic E-state index is 12.7. The summed E-state index contributed by atoms with van der Waals surface area (Å²) in [4.78, 5) is 12.7. The Bertz CT molecular complexity index is 962. The molecule has 31 heavy (non-hydrogen) atoms. The smallest absolute Gasteiger partial charge is 0.255 e. The first-order valence-electron chi connectivity index (χ1n) is 10.0. The van der Waals surface area contributed by atoms with Crippen LogP contribution in [0.15, 0.2) is 66.7 Å². The number of hydrogen-bond acceptors (Lipinski definition) is 5. The van der Waals surface area contributed by atoms with Gasteiger partial charge in [-0.05, 0) is 54.8 Å². The third-order valence-corrected chi connectivity index (χ3v) is 4.76. The summed E-state index contributed by atoms with van der Waals surface area (Å²) in [5.41, 5.74) is 2.36. The molecule has 0 aliphatic heterocycles. The highest BCUT2D eigenvalue weighted by atomic mass is 16.5. The fourth-order valence-electron chi connectivity index (χ4n) is 3.16. The van der Waals surface area contributed by atoms with E-state index in [4.69, 9.17) is 18.9 Å². The van der Waals surface area contributed by atoms with Gasteiger partial charge in [0.1, 0.15) is 5.75 Å². The summed E-state index contributed by atoms with van der Waals surface area (Å²) in [6.45, 7) is 0.631. The molecule has 3 aromatic rings. The van der Waals surface area contributed by atoms with E-state index >= 15 is 0 Å². The average molecular weight is 421 g/mol. The summed E-state index contributed by atoms with van der Waals surface area (Å²) in [5, 5.41) is 2.87. The van der Waals surface area contributed by atoms with Gasteiger partial charge in [-0.2, -0.15) is 0 Å². The standard InChI is InChI=1S/C25H27NO5/c1-28-22-16-19(17-23(29-2)24(22)30-3)25(27)26-20-11-13-21(14-12-20)31-15-7-10-18-8-5-4-6-9-18/h4-6,8-9,11-14,16-17H,7,10,15H2,1-3H3,(H,26,27). The van der Waals surface area contributed by atoms with Crippen LogP contribution in [0.25, 0.3) is 0 Å². The van der Waals surface area contributed by atoms with Crippen LogP contribution in [0.3, 0.4) is 0 Å². The number of carbonyl (C=O) groups is 1. The number of ether oxygens (including phenoxy) is 4. The van der Waals surface area contributed by atoms with Gasteiger partial charge in [-0.1, -0.05) is 30.3 Å². The van der Waals surface area contributed by atoms with Crippen LogP contribution >= 0.6 is 0 Å². The van der Waals surface area contributed by atoms with Crippen LogP contribution in [0.4, 0.5) is 5.69 Å². The van der Waals surface area contributed by atoms with Crippen molar-refractivity contribution in [2.75, 3.05) is 33.3 Å². The normalized spacial score (nSPS) is 10.3. The Morgan fingerprint density at radius 2 is 1.48 bits per heavy atom. The summed E-state index contributed by atoms with van der Waals surface area (Å²) >= 11 is 0. The van der Waals surface area contributed by atoms with Gasteiger partial charge in [-0.3, -0.25) is 4.79 Å². The molecule has 3 aromatic carbocycles. The lowest BCUT2D eigenvalue weighted by molar-refractivity contribution is 0.102. The molecule has 0 radical (unpaired) electrons. The van der Waals surface area contributed by atoms with Crippen LogP contribution in [-0.2, 0) is 6.42 Å².